The third-order valence-electron chi connectivity index (χ3n) is 3.10. The number of aryl methyl sites for hydroxylation is 1. The molecule has 0 saturated carbocycles. The first-order chi connectivity index (χ1) is 9.69. The predicted octanol–water partition coefficient (Wildman–Crippen LogP) is 4.69. The van der Waals surface area contributed by atoms with Gasteiger partial charge in [0.2, 0.25) is 6.29 Å². The summed E-state index contributed by atoms with van der Waals surface area (Å²) in [5, 5.41) is 0. The lowest BCUT2D eigenvalue weighted by Gasteiger charge is -2.23. The van der Waals surface area contributed by atoms with Gasteiger partial charge in [0.1, 0.15) is 11.5 Å². The van der Waals surface area contributed by atoms with Crippen molar-refractivity contribution >= 4 is 0 Å². The first-order valence-corrected chi connectivity index (χ1v) is 7.16. The predicted molar refractivity (Wildman–Crippen MR) is 82.1 cm³/mol. The Hall–Kier alpha value is -1.96. The number of para-hydroxylation sites is 1. The highest BCUT2D eigenvalue weighted by Crippen LogP contribution is 2.21. The molecule has 2 heteroatoms. The standard InChI is InChI=1S/C18H22O2/c1-4-15-9-8-12-17(13-15)20-18(14(2)3)19-16-10-6-5-7-11-16/h5-14,18H,4H2,1-3H3. The summed E-state index contributed by atoms with van der Waals surface area (Å²) in [7, 11) is 0. The van der Waals surface area contributed by atoms with E-state index in [9.17, 15) is 0 Å². The molecule has 2 rings (SSSR count). The Labute approximate surface area is 121 Å². The summed E-state index contributed by atoms with van der Waals surface area (Å²) in [6.07, 6.45) is 0.716. The molecular weight excluding hydrogens is 248 g/mol. The van der Waals surface area contributed by atoms with Gasteiger partial charge in [0.15, 0.2) is 0 Å². The average Bonchev–Trinajstić information content (AvgIpc) is 2.48. The number of hydrogen-bond donors (Lipinski definition) is 0. The Morgan fingerprint density at radius 3 is 2.15 bits per heavy atom. The summed E-state index contributed by atoms with van der Waals surface area (Å²) >= 11 is 0. The average molecular weight is 270 g/mol. The van der Waals surface area contributed by atoms with Gasteiger partial charge < -0.3 is 9.47 Å². The molecule has 0 bridgehead atoms. The fraction of sp³-hybridized carbons (Fsp3) is 0.333. The maximum absolute atomic E-state index is 6.00. The molecule has 2 nitrogen and oxygen atoms in total. The molecule has 1 atom stereocenters. The second kappa shape index (κ2) is 6.99. The van der Waals surface area contributed by atoms with Crippen LogP contribution >= 0.6 is 0 Å². The lowest BCUT2D eigenvalue weighted by molar-refractivity contribution is -0.0298. The highest BCUT2D eigenvalue weighted by atomic mass is 16.7. The molecule has 20 heavy (non-hydrogen) atoms. The summed E-state index contributed by atoms with van der Waals surface area (Å²) in [6, 6.07) is 18.0. The molecule has 0 saturated heterocycles. The van der Waals surface area contributed by atoms with Gasteiger partial charge >= 0.3 is 0 Å². The summed E-state index contributed by atoms with van der Waals surface area (Å²) in [5.74, 6) is 1.96. The molecule has 0 aliphatic rings. The van der Waals surface area contributed by atoms with Crippen LogP contribution in [0.3, 0.4) is 0 Å². The zero-order chi connectivity index (χ0) is 14.4. The van der Waals surface area contributed by atoms with Crippen molar-refractivity contribution in [3.63, 3.8) is 0 Å². The quantitative estimate of drug-likeness (QED) is 0.709. The van der Waals surface area contributed by atoms with Gasteiger partial charge in [-0.1, -0.05) is 51.1 Å². The van der Waals surface area contributed by atoms with Gasteiger partial charge in [0.05, 0.1) is 0 Å². The maximum Gasteiger partial charge on any atom is 0.243 e. The van der Waals surface area contributed by atoms with Crippen LogP contribution in [0.25, 0.3) is 0 Å². The van der Waals surface area contributed by atoms with Gasteiger partial charge in [-0.15, -0.1) is 0 Å². The van der Waals surface area contributed by atoms with Crippen LogP contribution in [0.1, 0.15) is 26.3 Å². The lowest BCUT2D eigenvalue weighted by atomic mass is 10.1. The Bertz CT molecular complexity index is 520. The van der Waals surface area contributed by atoms with Crippen molar-refractivity contribution < 1.29 is 9.47 Å². The molecule has 1 unspecified atom stereocenters. The molecule has 0 amide bonds. The minimum Gasteiger partial charge on any atom is -0.455 e. The molecule has 106 valence electrons. The molecule has 0 radical (unpaired) electrons. The van der Waals surface area contributed by atoms with Crippen LogP contribution in [0.15, 0.2) is 54.6 Å². The zero-order valence-electron chi connectivity index (χ0n) is 12.4. The third-order valence-corrected chi connectivity index (χ3v) is 3.10. The van der Waals surface area contributed by atoms with E-state index in [1.54, 1.807) is 0 Å². The molecule has 0 aliphatic heterocycles. The van der Waals surface area contributed by atoms with Crippen molar-refractivity contribution in [2.75, 3.05) is 0 Å². The van der Waals surface area contributed by atoms with Crippen molar-refractivity contribution in [3.05, 3.63) is 60.2 Å². The summed E-state index contributed by atoms with van der Waals surface area (Å²) in [6.45, 7) is 6.33. The van der Waals surface area contributed by atoms with E-state index in [2.05, 4.69) is 32.9 Å². The Balaban J connectivity index is 2.09. The minimum absolute atomic E-state index is 0.264. The van der Waals surface area contributed by atoms with E-state index in [1.165, 1.54) is 5.56 Å². The van der Waals surface area contributed by atoms with E-state index in [0.717, 1.165) is 17.9 Å². The lowest BCUT2D eigenvalue weighted by Crippen LogP contribution is -2.29. The number of ether oxygens (including phenoxy) is 2. The summed E-state index contributed by atoms with van der Waals surface area (Å²) < 4.78 is 11.9. The second-order valence-electron chi connectivity index (χ2n) is 5.16. The van der Waals surface area contributed by atoms with Crippen LogP contribution in [0.4, 0.5) is 0 Å². The number of benzene rings is 2. The van der Waals surface area contributed by atoms with Crippen molar-refractivity contribution in [2.45, 2.75) is 33.5 Å². The first kappa shape index (κ1) is 14.4. The van der Waals surface area contributed by atoms with Crippen LogP contribution in [0.5, 0.6) is 11.5 Å². The van der Waals surface area contributed by atoms with Crippen LogP contribution in [0.2, 0.25) is 0 Å². The molecule has 0 fully saturated rings. The SMILES string of the molecule is CCc1cccc(OC(Oc2ccccc2)C(C)C)c1. The van der Waals surface area contributed by atoms with E-state index < -0.39 is 0 Å². The molecule has 2 aromatic rings. The minimum atomic E-state index is -0.287. The van der Waals surface area contributed by atoms with Crippen LogP contribution in [0, 0.1) is 5.92 Å². The fourth-order valence-electron chi connectivity index (χ4n) is 1.90. The van der Waals surface area contributed by atoms with Crippen LogP contribution < -0.4 is 9.47 Å². The fourth-order valence-corrected chi connectivity index (χ4v) is 1.90. The van der Waals surface area contributed by atoms with E-state index in [0.29, 0.717) is 0 Å². The van der Waals surface area contributed by atoms with E-state index in [1.807, 2.05) is 42.5 Å². The van der Waals surface area contributed by atoms with E-state index in [4.69, 9.17) is 9.47 Å². The van der Waals surface area contributed by atoms with Crippen molar-refractivity contribution in [2.24, 2.45) is 5.92 Å². The molecular formula is C18H22O2. The molecule has 0 N–H and O–H groups in total. The smallest absolute Gasteiger partial charge is 0.243 e. The van der Waals surface area contributed by atoms with Gasteiger partial charge in [0, 0.05) is 5.92 Å². The molecule has 0 heterocycles. The summed E-state index contributed by atoms with van der Waals surface area (Å²) in [5.41, 5.74) is 1.27. The van der Waals surface area contributed by atoms with Gasteiger partial charge in [-0.25, -0.2) is 0 Å². The van der Waals surface area contributed by atoms with Crippen molar-refractivity contribution in [1.29, 1.82) is 0 Å². The highest BCUT2D eigenvalue weighted by molar-refractivity contribution is 5.29. The number of rotatable bonds is 6. The largest absolute Gasteiger partial charge is 0.455 e. The van der Waals surface area contributed by atoms with Gasteiger partial charge in [0.25, 0.3) is 0 Å². The third kappa shape index (κ3) is 4.02. The molecule has 2 aromatic carbocycles. The van der Waals surface area contributed by atoms with Crippen molar-refractivity contribution in [1.82, 2.24) is 0 Å². The second-order valence-corrected chi connectivity index (χ2v) is 5.16. The van der Waals surface area contributed by atoms with Gasteiger partial charge in [-0.05, 0) is 36.2 Å². The molecule has 0 spiro atoms. The Kier molecular flexibility index (Phi) is 5.05. The van der Waals surface area contributed by atoms with E-state index in [-0.39, 0.29) is 12.2 Å². The maximum atomic E-state index is 6.00. The Morgan fingerprint density at radius 1 is 0.850 bits per heavy atom. The summed E-state index contributed by atoms with van der Waals surface area (Å²) in [4.78, 5) is 0. The number of hydrogen-bond acceptors (Lipinski definition) is 2. The van der Waals surface area contributed by atoms with E-state index >= 15 is 0 Å². The van der Waals surface area contributed by atoms with Gasteiger partial charge in [-0.3, -0.25) is 0 Å². The highest BCUT2D eigenvalue weighted by Gasteiger charge is 2.17. The van der Waals surface area contributed by atoms with Gasteiger partial charge in [-0.2, -0.15) is 0 Å². The normalized spacial score (nSPS) is 12.2. The zero-order valence-corrected chi connectivity index (χ0v) is 12.4. The topological polar surface area (TPSA) is 18.5 Å². The molecule has 0 aromatic heterocycles. The first-order valence-electron chi connectivity index (χ1n) is 7.16. The monoisotopic (exact) mass is 270 g/mol. The van der Waals surface area contributed by atoms with Crippen molar-refractivity contribution in [3.8, 4) is 11.5 Å². The molecule has 0 aliphatic carbocycles. The Morgan fingerprint density at radius 2 is 1.50 bits per heavy atom. The van der Waals surface area contributed by atoms with Crippen LogP contribution in [-0.2, 0) is 6.42 Å². The van der Waals surface area contributed by atoms with Crippen LogP contribution in [-0.4, -0.2) is 6.29 Å².